The quantitative estimate of drug-likeness (QED) is 0.739. The highest BCUT2D eigenvalue weighted by atomic mass is 32.2. The zero-order chi connectivity index (χ0) is 17.7. The molecule has 0 bridgehead atoms. The lowest BCUT2D eigenvalue weighted by Crippen LogP contribution is -2.56. The largest absolute Gasteiger partial charge is 0.375 e. The number of likely N-dealkylation sites (tertiary alicyclic amines) is 1. The third-order valence-corrected chi connectivity index (χ3v) is 8.30. The van der Waals surface area contributed by atoms with Crippen molar-refractivity contribution in [2.45, 2.75) is 76.0 Å². The summed E-state index contributed by atoms with van der Waals surface area (Å²) >= 11 is 0. The van der Waals surface area contributed by atoms with Crippen LogP contribution in [0.2, 0.25) is 0 Å². The lowest BCUT2D eigenvalue weighted by atomic mass is 9.82. The van der Waals surface area contributed by atoms with Gasteiger partial charge in [0.05, 0.1) is 11.4 Å². The summed E-state index contributed by atoms with van der Waals surface area (Å²) in [6.07, 6.45) is 7.34. The number of carbonyl (C=O) groups is 1. The van der Waals surface area contributed by atoms with E-state index in [0.717, 1.165) is 64.5 Å². The van der Waals surface area contributed by atoms with Gasteiger partial charge in [0.2, 0.25) is 15.9 Å². The molecule has 1 spiro atoms. The van der Waals surface area contributed by atoms with E-state index in [1.807, 2.05) is 9.21 Å². The molecule has 4 aliphatic rings. The third kappa shape index (κ3) is 3.60. The van der Waals surface area contributed by atoms with Crippen LogP contribution in [0.4, 0.5) is 0 Å². The number of ether oxygens (including phenoxy) is 1. The Labute approximate surface area is 150 Å². The lowest BCUT2D eigenvalue weighted by Gasteiger charge is -2.48. The third-order valence-electron chi connectivity index (χ3n) is 6.33. The minimum Gasteiger partial charge on any atom is -0.375 e. The molecular weight excluding hydrogens is 340 g/mol. The molecule has 1 atom stereocenters. The standard InChI is InChI=1S/C18H30N2O4S/c1-2-25(22,23)20(15-5-6-15)16-7-12-24-18(13-16)8-10-19(11-9-18)17(21)14-3-4-14/h14-16H,2-13H2,1H3. The van der Waals surface area contributed by atoms with Gasteiger partial charge in [0.1, 0.15) is 0 Å². The van der Waals surface area contributed by atoms with Gasteiger partial charge in [-0.2, -0.15) is 4.31 Å². The number of hydrogen-bond acceptors (Lipinski definition) is 4. The zero-order valence-corrected chi connectivity index (χ0v) is 16.0. The van der Waals surface area contributed by atoms with Crippen molar-refractivity contribution in [2.24, 2.45) is 5.92 Å². The molecule has 2 aliphatic heterocycles. The van der Waals surface area contributed by atoms with E-state index < -0.39 is 10.0 Å². The highest BCUT2D eigenvalue weighted by molar-refractivity contribution is 7.89. The van der Waals surface area contributed by atoms with E-state index in [2.05, 4.69) is 0 Å². The highest BCUT2D eigenvalue weighted by Crippen LogP contribution is 2.42. The molecule has 0 N–H and O–H groups in total. The van der Waals surface area contributed by atoms with Crippen LogP contribution >= 0.6 is 0 Å². The second-order valence-electron chi connectivity index (χ2n) is 8.24. The topological polar surface area (TPSA) is 66.9 Å². The number of amides is 1. The van der Waals surface area contributed by atoms with Crippen molar-refractivity contribution < 1.29 is 17.9 Å². The Morgan fingerprint density at radius 3 is 2.36 bits per heavy atom. The van der Waals surface area contributed by atoms with Gasteiger partial charge in [-0.15, -0.1) is 0 Å². The maximum Gasteiger partial charge on any atom is 0.225 e. The Balaban J connectivity index is 1.43. The Kier molecular flexibility index (Phi) is 4.61. The zero-order valence-electron chi connectivity index (χ0n) is 15.2. The number of piperidine rings is 1. The molecule has 4 fully saturated rings. The van der Waals surface area contributed by atoms with Gasteiger partial charge in [0, 0.05) is 37.7 Å². The molecule has 1 unspecified atom stereocenters. The summed E-state index contributed by atoms with van der Waals surface area (Å²) in [7, 11) is -3.17. The van der Waals surface area contributed by atoms with Crippen LogP contribution in [0.25, 0.3) is 0 Å². The monoisotopic (exact) mass is 370 g/mol. The Morgan fingerprint density at radius 2 is 1.80 bits per heavy atom. The summed E-state index contributed by atoms with van der Waals surface area (Å²) in [6, 6.07) is 0.276. The van der Waals surface area contributed by atoms with Crippen molar-refractivity contribution in [3.8, 4) is 0 Å². The van der Waals surface area contributed by atoms with Gasteiger partial charge >= 0.3 is 0 Å². The molecule has 6 nitrogen and oxygen atoms in total. The molecule has 2 heterocycles. The number of rotatable bonds is 5. The summed E-state index contributed by atoms with van der Waals surface area (Å²) in [5.41, 5.74) is -0.236. The van der Waals surface area contributed by atoms with Crippen molar-refractivity contribution in [1.29, 1.82) is 0 Å². The normalized spacial score (nSPS) is 30.0. The van der Waals surface area contributed by atoms with Crippen LogP contribution in [0.5, 0.6) is 0 Å². The second-order valence-corrected chi connectivity index (χ2v) is 10.4. The van der Waals surface area contributed by atoms with Crippen molar-refractivity contribution >= 4 is 15.9 Å². The van der Waals surface area contributed by atoms with Gasteiger partial charge in [0.15, 0.2) is 0 Å². The number of hydrogen-bond donors (Lipinski definition) is 0. The van der Waals surface area contributed by atoms with E-state index in [-0.39, 0.29) is 29.4 Å². The Bertz CT molecular complexity index is 619. The van der Waals surface area contributed by atoms with Gasteiger partial charge in [0.25, 0.3) is 0 Å². The molecule has 25 heavy (non-hydrogen) atoms. The van der Waals surface area contributed by atoms with Gasteiger partial charge in [-0.1, -0.05) is 0 Å². The minimum absolute atomic E-state index is 0.0666. The van der Waals surface area contributed by atoms with Crippen LogP contribution in [-0.2, 0) is 19.6 Å². The minimum atomic E-state index is -3.17. The average molecular weight is 371 g/mol. The van der Waals surface area contributed by atoms with Crippen LogP contribution in [-0.4, -0.2) is 66.7 Å². The van der Waals surface area contributed by atoms with E-state index in [4.69, 9.17) is 4.74 Å². The predicted molar refractivity (Wildman–Crippen MR) is 94.6 cm³/mol. The van der Waals surface area contributed by atoms with Crippen molar-refractivity contribution in [1.82, 2.24) is 9.21 Å². The van der Waals surface area contributed by atoms with Crippen molar-refractivity contribution in [3.05, 3.63) is 0 Å². The molecule has 7 heteroatoms. The molecule has 4 rings (SSSR count). The molecule has 0 aromatic carbocycles. The molecule has 1 amide bonds. The average Bonchev–Trinajstić information content (AvgIpc) is 3.48. The lowest BCUT2D eigenvalue weighted by molar-refractivity contribution is -0.147. The highest BCUT2D eigenvalue weighted by Gasteiger charge is 2.48. The van der Waals surface area contributed by atoms with E-state index in [1.165, 1.54) is 0 Å². The molecule has 0 radical (unpaired) electrons. The maximum atomic E-state index is 12.6. The first-order chi connectivity index (χ1) is 11.9. The predicted octanol–water partition coefficient (Wildman–Crippen LogP) is 1.75. The summed E-state index contributed by atoms with van der Waals surface area (Å²) in [5.74, 6) is 0.766. The van der Waals surface area contributed by atoms with E-state index >= 15 is 0 Å². The van der Waals surface area contributed by atoms with E-state index in [9.17, 15) is 13.2 Å². The summed E-state index contributed by atoms with van der Waals surface area (Å²) in [6.45, 7) is 3.88. The summed E-state index contributed by atoms with van der Waals surface area (Å²) in [4.78, 5) is 14.3. The molecular formula is C18H30N2O4S. The first-order valence-corrected chi connectivity index (χ1v) is 11.5. The van der Waals surface area contributed by atoms with Gasteiger partial charge in [-0.3, -0.25) is 4.79 Å². The fourth-order valence-electron chi connectivity index (χ4n) is 4.52. The van der Waals surface area contributed by atoms with Crippen molar-refractivity contribution in [3.63, 3.8) is 0 Å². The Hall–Kier alpha value is -0.660. The number of carbonyl (C=O) groups excluding carboxylic acids is 1. The fourth-order valence-corrected chi connectivity index (χ4v) is 6.12. The molecule has 142 valence electrons. The second kappa shape index (κ2) is 6.50. The van der Waals surface area contributed by atoms with Crippen molar-refractivity contribution in [2.75, 3.05) is 25.4 Å². The Morgan fingerprint density at radius 1 is 1.12 bits per heavy atom. The first kappa shape index (κ1) is 17.7. The van der Waals surface area contributed by atoms with Gasteiger partial charge < -0.3 is 9.64 Å². The fraction of sp³-hybridized carbons (Fsp3) is 0.944. The first-order valence-electron chi connectivity index (χ1n) is 9.88. The molecule has 2 aliphatic carbocycles. The van der Waals surface area contributed by atoms with E-state index in [0.29, 0.717) is 12.5 Å². The van der Waals surface area contributed by atoms with Crippen LogP contribution in [0.15, 0.2) is 0 Å². The molecule has 0 aromatic rings. The van der Waals surface area contributed by atoms with E-state index in [1.54, 1.807) is 6.92 Å². The summed E-state index contributed by atoms with van der Waals surface area (Å²) in [5, 5.41) is 0. The smallest absolute Gasteiger partial charge is 0.225 e. The van der Waals surface area contributed by atoms with Crippen LogP contribution < -0.4 is 0 Å². The van der Waals surface area contributed by atoms with Crippen LogP contribution in [0, 0.1) is 5.92 Å². The molecule has 2 saturated heterocycles. The number of nitrogens with zero attached hydrogens (tertiary/aromatic N) is 2. The van der Waals surface area contributed by atoms with Crippen LogP contribution in [0.3, 0.4) is 0 Å². The summed E-state index contributed by atoms with van der Waals surface area (Å²) < 4.78 is 33.2. The SMILES string of the molecule is CCS(=O)(=O)N(C1CC1)C1CCOC2(CCN(C(=O)C3CC3)CC2)C1. The van der Waals surface area contributed by atoms with Crippen LogP contribution in [0.1, 0.15) is 58.3 Å². The van der Waals surface area contributed by atoms with Gasteiger partial charge in [-0.05, 0) is 58.3 Å². The molecule has 2 saturated carbocycles. The number of sulfonamides is 1. The maximum absolute atomic E-state index is 12.6. The van der Waals surface area contributed by atoms with Gasteiger partial charge in [-0.25, -0.2) is 8.42 Å². The molecule has 0 aromatic heterocycles.